The van der Waals surface area contributed by atoms with Crippen LogP contribution in [0.5, 0.6) is 0 Å². The molecule has 0 aromatic carbocycles. The van der Waals surface area contributed by atoms with E-state index in [1.54, 1.807) is 0 Å². The first-order valence-electron chi connectivity index (χ1n) is 7.78. The molecule has 1 amide bonds. The third kappa shape index (κ3) is 2.89. The molecular weight excluding hydrogens is 253 g/mol. The van der Waals surface area contributed by atoms with E-state index in [9.17, 15) is 4.79 Å². The van der Waals surface area contributed by atoms with Gasteiger partial charge in [-0.25, -0.2) is 0 Å². The lowest BCUT2D eigenvalue weighted by atomic mass is 9.66. The molecule has 0 N–H and O–H groups in total. The molecule has 20 heavy (non-hydrogen) atoms. The van der Waals surface area contributed by atoms with E-state index in [4.69, 9.17) is 9.31 Å². The van der Waals surface area contributed by atoms with Crippen molar-refractivity contribution in [3.63, 3.8) is 0 Å². The fraction of sp³-hybridized carbons (Fsp3) is 0.933. The number of carbonyl (C=O) groups excluding carboxylic acids is 1. The number of hydrogen-bond acceptors (Lipinski definition) is 3. The van der Waals surface area contributed by atoms with Crippen molar-refractivity contribution < 1.29 is 14.1 Å². The molecule has 0 aromatic rings. The van der Waals surface area contributed by atoms with E-state index < -0.39 is 0 Å². The highest BCUT2D eigenvalue weighted by atomic mass is 16.7. The molecule has 2 aliphatic heterocycles. The van der Waals surface area contributed by atoms with Crippen molar-refractivity contribution >= 4 is 13.0 Å². The molecule has 0 radical (unpaired) electrons. The molecule has 2 aliphatic rings. The van der Waals surface area contributed by atoms with Gasteiger partial charge in [0, 0.05) is 19.0 Å². The molecule has 2 heterocycles. The first-order chi connectivity index (χ1) is 9.14. The van der Waals surface area contributed by atoms with Gasteiger partial charge in [-0.05, 0) is 46.4 Å². The molecule has 0 aromatic heterocycles. The molecule has 2 saturated heterocycles. The molecule has 0 atom stereocenters. The van der Waals surface area contributed by atoms with E-state index >= 15 is 0 Å². The third-order valence-corrected chi connectivity index (χ3v) is 5.00. The predicted octanol–water partition coefficient (Wildman–Crippen LogP) is 2.73. The van der Waals surface area contributed by atoms with E-state index in [-0.39, 0.29) is 30.1 Å². The summed E-state index contributed by atoms with van der Waals surface area (Å²) in [5.41, 5.74) is -0.523. The molecule has 0 aliphatic carbocycles. The minimum Gasteiger partial charge on any atom is -0.403 e. The lowest BCUT2D eigenvalue weighted by molar-refractivity contribution is -0.135. The SMILES string of the molecule is CC(C)C(=O)N1CCC(B2OC(C)(C)C(C)(C)O2)CC1. The second kappa shape index (κ2) is 5.34. The Morgan fingerprint density at radius 1 is 1.10 bits per heavy atom. The highest BCUT2D eigenvalue weighted by Crippen LogP contribution is 2.42. The molecule has 4 nitrogen and oxygen atoms in total. The number of likely N-dealkylation sites (tertiary alicyclic amines) is 1. The minimum atomic E-state index is -0.261. The largest absolute Gasteiger partial charge is 0.461 e. The molecule has 2 fully saturated rings. The van der Waals surface area contributed by atoms with Crippen molar-refractivity contribution in [2.75, 3.05) is 13.1 Å². The van der Waals surface area contributed by atoms with Crippen molar-refractivity contribution in [3.05, 3.63) is 0 Å². The molecule has 0 unspecified atom stereocenters. The van der Waals surface area contributed by atoms with Crippen molar-refractivity contribution in [1.82, 2.24) is 4.90 Å². The highest BCUT2D eigenvalue weighted by molar-refractivity contribution is 6.47. The van der Waals surface area contributed by atoms with Crippen LogP contribution >= 0.6 is 0 Å². The van der Waals surface area contributed by atoms with Gasteiger partial charge in [0.05, 0.1) is 11.2 Å². The van der Waals surface area contributed by atoms with Crippen LogP contribution in [0.15, 0.2) is 0 Å². The average Bonchev–Trinajstić information content (AvgIpc) is 2.57. The van der Waals surface area contributed by atoms with E-state index in [0.717, 1.165) is 25.9 Å². The molecule has 0 bridgehead atoms. The lowest BCUT2D eigenvalue weighted by Gasteiger charge is -2.33. The highest BCUT2D eigenvalue weighted by Gasteiger charge is 2.53. The number of carbonyl (C=O) groups is 1. The van der Waals surface area contributed by atoms with Crippen molar-refractivity contribution in [2.24, 2.45) is 5.92 Å². The Morgan fingerprint density at radius 2 is 1.55 bits per heavy atom. The third-order valence-electron chi connectivity index (χ3n) is 5.00. The maximum absolute atomic E-state index is 12.0. The summed E-state index contributed by atoms with van der Waals surface area (Å²) < 4.78 is 12.2. The van der Waals surface area contributed by atoms with Gasteiger partial charge in [-0.3, -0.25) is 4.79 Å². The monoisotopic (exact) mass is 281 g/mol. The fourth-order valence-corrected chi connectivity index (χ4v) is 2.84. The number of amides is 1. The van der Waals surface area contributed by atoms with Gasteiger partial charge in [0.25, 0.3) is 0 Å². The summed E-state index contributed by atoms with van der Waals surface area (Å²) in [6, 6.07) is 0. The van der Waals surface area contributed by atoms with E-state index in [2.05, 4.69) is 27.7 Å². The van der Waals surface area contributed by atoms with Crippen LogP contribution in [0.25, 0.3) is 0 Å². The second-order valence-electron chi connectivity index (χ2n) is 7.44. The Hall–Kier alpha value is -0.545. The number of rotatable bonds is 2. The van der Waals surface area contributed by atoms with E-state index in [1.807, 2.05) is 18.7 Å². The Morgan fingerprint density at radius 3 is 1.95 bits per heavy atom. The summed E-state index contributed by atoms with van der Waals surface area (Å²) in [5.74, 6) is 0.744. The summed E-state index contributed by atoms with van der Waals surface area (Å²) in [7, 11) is -0.128. The summed E-state index contributed by atoms with van der Waals surface area (Å²) >= 11 is 0. The molecule has 0 spiro atoms. The van der Waals surface area contributed by atoms with Crippen molar-refractivity contribution in [2.45, 2.75) is 71.4 Å². The smallest absolute Gasteiger partial charge is 0.403 e. The maximum atomic E-state index is 12.0. The molecule has 0 saturated carbocycles. The Kier molecular flexibility index (Phi) is 4.23. The Bertz CT molecular complexity index is 357. The van der Waals surface area contributed by atoms with Gasteiger partial charge in [0.15, 0.2) is 0 Å². The van der Waals surface area contributed by atoms with Gasteiger partial charge in [-0.2, -0.15) is 0 Å². The van der Waals surface area contributed by atoms with Crippen molar-refractivity contribution in [1.29, 1.82) is 0 Å². The van der Waals surface area contributed by atoms with Crippen LogP contribution in [-0.4, -0.2) is 42.2 Å². The zero-order valence-corrected chi connectivity index (χ0v) is 13.7. The van der Waals surface area contributed by atoms with Gasteiger partial charge in [0.1, 0.15) is 0 Å². The fourth-order valence-electron chi connectivity index (χ4n) is 2.84. The van der Waals surface area contributed by atoms with Crippen LogP contribution in [0, 0.1) is 5.92 Å². The maximum Gasteiger partial charge on any atom is 0.461 e. The molecule has 2 rings (SSSR count). The lowest BCUT2D eigenvalue weighted by Crippen LogP contribution is -2.42. The quantitative estimate of drug-likeness (QED) is 0.730. The summed E-state index contributed by atoms with van der Waals surface area (Å²) in [4.78, 5) is 14.0. The summed E-state index contributed by atoms with van der Waals surface area (Å²) in [6.07, 6.45) is 1.94. The van der Waals surface area contributed by atoms with Gasteiger partial charge < -0.3 is 14.2 Å². The van der Waals surface area contributed by atoms with Crippen LogP contribution < -0.4 is 0 Å². The normalized spacial score (nSPS) is 26.4. The molecule has 5 heteroatoms. The summed E-state index contributed by atoms with van der Waals surface area (Å²) in [5, 5.41) is 0. The molecule has 114 valence electrons. The van der Waals surface area contributed by atoms with Gasteiger partial charge >= 0.3 is 7.12 Å². The van der Waals surface area contributed by atoms with Gasteiger partial charge in [0.2, 0.25) is 5.91 Å². The zero-order valence-electron chi connectivity index (χ0n) is 13.7. The predicted molar refractivity (Wildman–Crippen MR) is 80.5 cm³/mol. The van der Waals surface area contributed by atoms with Gasteiger partial charge in [-0.1, -0.05) is 13.8 Å². The minimum absolute atomic E-state index is 0.0865. The first kappa shape index (κ1) is 15.8. The van der Waals surface area contributed by atoms with Crippen LogP contribution in [0.4, 0.5) is 0 Å². The number of piperidine rings is 1. The number of hydrogen-bond donors (Lipinski definition) is 0. The molecular formula is C15H28BNO3. The van der Waals surface area contributed by atoms with E-state index in [0.29, 0.717) is 5.82 Å². The second-order valence-corrected chi connectivity index (χ2v) is 7.44. The Balaban J connectivity index is 1.91. The van der Waals surface area contributed by atoms with Crippen LogP contribution in [0.1, 0.15) is 54.4 Å². The first-order valence-corrected chi connectivity index (χ1v) is 7.78. The average molecular weight is 281 g/mol. The zero-order chi connectivity index (χ0) is 15.1. The Labute approximate surface area is 123 Å². The van der Waals surface area contributed by atoms with Crippen LogP contribution in [-0.2, 0) is 14.1 Å². The summed E-state index contributed by atoms with van der Waals surface area (Å²) in [6.45, 7) is 13.9. The van der Waals surface area contributed by atoms with Crippen molar-refractivity contribution in [3.8, 4) is 0 Å². The van der Waals surface area contributed by atoms with Crippen LogP contribution in [0.3, 0.4) is 0 Å². The van der Waals surface area contributed by atoms with Crippen LogP contribution in [0.2, 0.25) is 5.82 Å². The van der Waals surface area contributed by atoms with E-state index in [1.165, 1.54) is 0 Å². The number of nitrogens with zero attached hydrogens (tertiary/aromatic N) is 1. The standard InChI is InChI=1S/C15H28BNO3/c1-11(2)13(18)17-9-7-12(8-10-17)16-19-14(3,4)15(5,6)20-16/h11-12H,7-10H2,1-6H3. The van der Waals surface area contributed by atoms with Gasteiger partial charge in [-0.15, -0.1) is 0 Å². The topological polar surface area (TPSA) is 38.8 Å².